The molecule has 2 fully saturated rings. The first kappa shape index (κ1) is 26.7. The second-order valence-corrected chi connectivity index (χ2v) is 11.1. The molecule has 5 rings (SSSR count). The Balaban J connectivity index is 1.36. The van der Waals surface area contributed by atoms with Crippen molar-refractivity contribution in [3.63, 3.8) is 0 Å². The topological polar surface area (TPSA) is 88.2 Å². The molecule has 0 aromatic heterocycles. The largest absolute Gasteiger partial charge is 0.489 e. The van der Waals surface area contributed by atoms with Crippen molar-refractivity contribution in [2.24, 2.45) is 0 Å². The van der Waals surface area contributed by atoms with Gasteiger partial charge in [0.15, 0.2) is 0 Å². The molecule has 0 radical (unpaired) electrons. The number of rotatable bonds is 6. The first-order valence-corrected chi connectivity index (χ1v) is 13.4. The highest BCUT2D eigenvalue weighted by Crippen LogP contribution is 2.34. The summed E-state index contributed by atoms with van der Waals surface area (Å²) < 4.78 is 11.9. The van der Waals surface area contributed by atoms with E-state index in [1.54, 1.807) is 11.0 Å². The Morgan fingerprint density at radius 1 is 1.08 bits per heavy atom. The van der Waals surface area contributed by atoms with Gasteiger partial charge in [0.2, 0.25) is 11.8 Å². The summed E-state index contributed by atoms with van der Waals surface area (Å²) in [7, 11) is 11.0. The quantitative estimate of drug-likeness (QED) is 0.310. The van der Waals surface area contributed by atoms with Crippen LogP contribution < -0.4 is 26.4 Å². The lowest BCUT2D eigenvalue weighted by Crippen LogP contribution is -2.56. The molecule has 0 saturated carbocycles. The average molecular weight is 509 g/mol. The number of amides is 3. The Kier molecular flexibility index (Phi) is 7.26. The molecule has 2 aromatic carbocycles. The Bertz CT molecular complexity index is 1310. The van der Waals surface area contributed by atoms with Gasteiger partial charge in [-0.1, -0.05) is 34.1 Å². The number of nitrogens with one attached hydrogen (secondary N) is 1. The minimum atomic E-state index is -0.644. The van der Waals surface area contributed by atoms with E-state index in [2.05, 4.69) is 55.5 Å². The highest BCUT2D eigenvalue weighted by molar-refractivity contribution is 6.53. The molecule has 1 N–H and O–H groups in total. The molecule has 38 heavy (non-hydrogen) atoms. The van der Waals surface area contributed by atoms with E-state index in [-0.39, 0.29) is 23.6 Å². The van der Waals surface area contributed by atoms with Gasteiger partial charge in [0.1, 0.15) is 57.6 Å². The van der Waals surface area contributed by atoms with E-state index in [1.165, 1.54) is 22.0 Å². The third-order valence-electron chi connectivity index (χ3n) is 8.63. The summed E-state index contributed by atoms with van der Waals surface area (Å²) in [5.41, 5.74) is 7.48. The summed E-state index contributed by atoms with van der Waals surface area (Å²) in [5, 5.41) is 2.25. The monoisotopic (exact) mass is 509 g/mol. The zero-order valence-corrected chi connectivity index (χ0v) is 23.0. The maximum Gasteiger partial charge on any atom is 0.255 e. The molecule has 0 bridgehead atoms. The number of morpholine rings is 1. The molecule has 0 spiro atoms. The second-order valence-electron chi connectivity index (χ2n) is 11.1. The highest BCUT2D eigenvalue weighted by Gasteiger charge is 2.40. The molecule has 3 aliphatic rings. The van der Waals surface area contributed by atoms with Gasteiger partial charge in [-0.25, -0.2) is 0 Å². The summed E-state index contributed by atoms with van der Waals surface area (Å²) in [4.78, 5) is 41.2. The van der Waals surface area contributed by atoms with E-state index in [4.69, 9.17) is 9.47 Å². The van der Waals surface area contributed by atoms with E-state index in [9.17, 15) is 14.4 Å². The highest BCUT2D eigenvalue weighted by atomic mass is 16.5. The minimum Gasteiger partial charge on any atom is -0.489 e. The van der Waals surface area contributed by atoms with Crippen LogP contribution in [-0.4, -0.2) is 99.1 Å². The molecular weight excluding hydrogens is 476 g/mol. The summed E-state index contributed by atoms with van der Waals surface area (Å²) in [5.74, 6) is -0.246. The van der Waals surface area contributed by atoms with Crippen LogP contribution in [-0.2, 0) is 32.8 Å². The van der Waals surface area contributed by atoms with Crippen LogP contribution in [0.4, 0.5) is 0 Å². The number of hydrogen-bond acceptors (Lipinski definition) is 6. The number of carbonyl (C=O) groups excluding carboxylic acids is 3. The second kappa shape index (κ2) is 10.3. The number of fused-ring (bicyclic) bond motifs is 1. The number of ether oxygens (including phenoxy) is 2. The molecule has 3 amide bonds. The SMILES string of the molecule is Bc1cc(C(B)(B)N2CCOCC2)c(B)c(B)c1COc1cccc2c1CN(C1CCC(=O)NC1=O)C2=O. The lowest BCUT2D eigenvalue weighted by Gasteiger charge is -2.43. The fourth-order valence-corrected chi connectivity index (χ4v) is 6.13. The Morgan fingerprint density at radius 3 is 2.53 bits per heavy atom. The third kappa shape index (κ3) is 4.71. The maximum atomic E-state index is 13.2. The van der Waals surface area contributed by atoms with Crippen molar-refractivity contribution in [2.75, 3.05) is 26.3 Å². The average Bonchev–Trinajstić information content (AvgIpc) is 3.23. The van der Waals surface area contributed by atoms with Crippen LogP contribution >= 0.6 is 0 Å². The van der Waals surface area contributed by atoms with Gasteiger partial charge in [-0.05, 0) is 29.5 Å². The van der Waals surface area contributed by atoms with E-state index in [0.29, 0.717) is 30.9 Å². The summed E-state index contributed by atoms with van der Waals surface area (Å²) >= 11 is 0. The number of hydrogen-bond donors (Lipinski definition) is 1. The molecule has 2 aromatic rings. The first-order valence-electron chi connectivity index (χ1n) is 13.4. The van der Waals surface area contributed by atoms with Gasteiger partial charge in [0.25, 0.3) is 5.91 Å². The van der Waals surface area contributed by atoms with E-state index in [1.807, 2.05) is 12.1 Å². The maximum absolute atomic E-state index is 13.2. The van der Waals surface area contributed by atoms with Crippen LogP contribution in [0, 0.1) is 0 Å². The Hall–Kier alpha value is -2.91. The number of nitrogens with zero attached hydrogens (tertiary/aromatic N) is 2. The third-order valence-corrected chi connectivity index (χ3v) is 8.63. The number of benzene rings is 2. The molecule has 1 unspecified atom stereocenters. The van der Waals surface area contributed by atoms with Crippen LogP contribution in [0.25, 0.3) is 0 Å². The van der Waals surface area contributed by atoms with Gasteiger partial charge in [0, 0.05) is 30.6 Å². The number of imide groups is 1. The van der Waals surface area contributed by atoms with Crippen LogP contribution in [0.3, 0.4) is 0 Å². The van der Waals surface area contributed by atoms with Crippen molar-refractivity contribution < 1.29 is 23.9 Å². The molecule has 1 atom stereocenters. The molecule has 0 aliphatic carbocycles. The van der Waals surface area contributed by atoms with Crippen LogP contribution in [0.15, 0.2) is 24.3 Å². The van der Waals surface area contributed by atoms with Crippen molar-refractivity contribution in [1.29, 1.82) is 0 Å². The molecule has 3 aliphatic heterocycles. The lowest BCUT2D eigenvalue weighted by atomic mass is 9.52. The van der Waals surface area contributed by atoms with Crippen molar-refractivity contribution in [1.82, 2.24) is 15.1 Å². The van der Waals surface area contributed by atoms with Gasteiger partial charge in [0.05, 0.1) is 19.8 Å². The van der Waals surface area contributed by atoms with Crippen molar-refractivity contribution in [3.05, 3.63) is 46.5 Å². The predicted molar refractivity (Wildman–Crippen MR) is 159 cm³/mol. The van der Waals surface area contributed by atoms with Crippen LogP contribution in [0.1, 0.15) is 39.9 Å². The van der Waals surface area contributed by atoms with Gasteiger partial charge in [-0.2, -0.15) is 0 Å². The number of piperidine rings is 1. The van der Waals surface area contributed by atoms with Gasteiger partial charge < -0.3 is 19.3 Å². The lowest BCUT2D eigenvalue weighted by molar-refractivity contribution is -0.136. The summed E-state index contributed by atoms with van der Waals surface area (Å²) in [6, 6.07) is 7.13. The smallest absolute Gasteiger partial charge is 0.255 e. The molecular formula is C25H32B5N3O5. The molecule has 13 heteroatoms. The minimum absolute atomic E-state index is 0.108. The molecule has 2 saturated heterocycles. The molecule has 192 valence electrons. The fourth-order valence-electron chi connectivity index (χ4n) is 6.13. The Labute approximate surface area is 228 Å². The van der Waals surface area contributed by atoms with Gasteiger partial charge in [-0.15, -0.1) is 0 Å². The van der Waals surface area contributed by atoms with Crippen molar-refractivity contribution in [2.45, 2.75) is 37.4 Å². The summed E-state index contributed by atoms with van der Waals surface area (Å²) in [6.07, 6.45) is 0.571. The zero-order chi connectivity index (χ0) is 27.2. The fraction of sp³-hybridized carbons (Fsp3) is 0.400. The Morgan fingerprint density at radius 2 is 1.82 bits per heavy atom. The van der Waals surface area contributed by atoms with E-state index >= 15 is 0 Å². The number of carbonyl (C=O) groups is 3. The normalized spacial score (nSPS) is 20.4. The van der Waals surface area contributed by atoms with Crippen molar-refractivity contribution in [3.8, 4) is 5.75 Å². The summed E-state index contributed by atoms with van der Waals surface area (Å²) in [6.45, 7) is 4.04. The first-order chi connectivity index (χ1) is 18.1. The van der Waals surface area contributed by atoms with Crippen molar-refractivity contribution >= 4 is 73.3 Å². The van der Waals surface area contributed by atoms with Crippen LogP contribution in [0.2, 0.25) is 0 Å². The standard InChI is InChI=1S/C25H32B5N3O5/c26-17-10-16(25(29,30)32-6-8-37-9-7-32)22(28)21(27)15(17)12-38-19-3-1-2-13-14(19)11-33(24(13)36)18-4-5-20(34)31-23(18)35/h1-3,10,18H,4-9,11-12,26-30H2,(H,31,34,35). The van der Waals surface area contributed by atoms with E-state index in [0.717, 1.165) is 37.4 Å². The zero-order valence-electron chi connectivity index (χ0n) is 23.0. The predicted octanol–water partition coefficient (Wildman–Crippen LogP) is -5.49. The van der Waals surface area contributed by atoms with Gasteiger partial charge in [-0.3, -0.25) is 19.7 Å². The molecule has 3 heterocycles. The molecule has 8 nitrogen and oxygen atoms in total. The van der Waals surface area contributed by atoms with Gasteiger partial charge >= 0.3 is 0 Å². The van der Waals surface area contributed by atoms with Crippen LogP contribution in [0.5, 0.6) is 5.75 Å². The van der Waals surface area contributed by atoms with E-state index < -0.39 is 11.9 Å².